The van der Waals surface area contributed by atoms with Crippen LogP contribution in [-0.4, -0.2) is 11.1 Å². The number of benzene rings is 7. The molecule has 2 heterocycles. The van der Waals surface area contributed by atoms with Gasteiger partial charge in [0.15, 0.2) is 5.69 Å². The van der Waals surface area contributed by atoms with E-state index in [2.05, 4.69) is 182 Å². The molecule has 4 unspecified atom stereocenters. The number of fused-ring (bicyclic) bond motifs is 9. The first-order valence-corrected chi connectivity index (χ1v) is 24.0. The van der Waals surface area contributed by atoms with Crippen molar-refractivity contribution in [3.05, 3.63) is 196 Å². The van der Waals surface area contributed by atoms with Gasteiger partial charge in [-0.2, -0.15) is 5.26 Å². The average molecular weight is 845 g/mol. The van der Waals surface area contributed by atoms with Crippen molar-refractivity contribution < 1.29 is 0 Å². The lowest BCUT2D eigenvalue weighted by molar-refractivity contribution is 0.0862. The molecule has 2 fully saturated rings. The van der Waals surface area contributed by atoms with Gasteiger partial charge in [-0.1, -0.05) is 143 Å². The summed E-state index contributed by atoms with van der Waals surface area (Å²) in [6.45, 7) is 18.1. The maximum Gasteiger partial charge on any atom is 0.187 e. The molecule has 0 bridgehead atoms. The number of anilines is 4. The Balaban J connectivity index is 1.18. The summed E-state index contributed by atoms with van der Waals surface area (Å²) in [5.41, 5.74) is 15.8. The molecule has 7 aromatic carbocycles. The van der Waals surface area contributed by atoms with E-state index in [1.165, 1.54) is 104 Å². The zero-order valence-electron chi connectivity index (χ0n) is 38.2. The molecule has 4 nitrogen and oxygen atoms in total. The molecule has 65 heavy (non-hydrogen) atoms. The molecule has 3 aliphatic carbocycles. The quantitative estimate of drug-likeness (QED) is 0.166. The number of rotatable bonds is 4. The van der Waals surface area contributed by atoms with Gasteiger partial charge >= 0.3 is 0 Å². The van der Waals surface area contributed by atoms with Crippen LogP contribution in [0.1, 0.15) is 118 Å². The summed E-state index contributed by atoms with van der Waals surface area (Å²) in [6, 6.07) is 57.2. The summed E-state index contributed by atoms with van der Waals surface area (Å²) in [5.74, 6) is 0. The molecule has 2 saturated carbocycles. The molecule has 0 radical (unpaired) electrons. The van der Waals surface area contributed by atoms with Crippen LogP contribution < -0.4 is 9.80 Å². The highest BCUT2D eigenvalue weighted by molar-refractivity contribution is 6.10. The van der Waals surface area contributed by atoms with Crippen molar-refractivity contribution >= 4 is 39.2 Å². The Morgan fingerprint density at radius 2 is 1.11 bits per heavy atom. The van der Waals surface area contributed by atoms with Crippen molar-refractivity contribution in [3.63, 3.8) is 0 Å². The van der Waals surface area contributed by atoms with Crippen molar-refractivity contribution in [3.8, 4) is 17.2 Å². The first kappa shape index (κ1) is 39.9. The normalized spacial score (nSPS) is 25.8. The first-order valence-electron chi connectivity index (χ1n) is 24.0. The van der Waals surface area contributed by atoms with Crippen LogP contribution >= 0.6 is 0 Å². The molecule has 7 aromatic rings. The second-order valence-corrected chi connectivity index (χ2v) is 21.1. The Morgan fingerprint density at radius 1 is 0.538 bits per heavy atom. The lowest BCUT2D eigenvalue weighted by atomic mass is 9.57. The van der Waals surface area contributed by atoms with E-state index in [0.29, 0.717) is 5.69 Å². The van der Waals surface area contributed by atoms with Crippen molar-refractivity contribution in [1.29, 1.82) is 5.26 Å². The molecule has 0 spiro atoms. The smallest absolute Gasteiger partial charge is 0.187 e. The SMILES string of the molecule is [C-]#[N+]c1ccc2c(c1)CC1(C)CCCCC1(C)N2c1cc2c(c3ccccc13)-c1ccc(N3c4ccc(C#N)cc4CC4(C)CCCCC34C)cc1C2(c1ccccc1)c1ccccc1. The summed E-state index contributed by atoms with van der Waals surface area (Å²) in [6.07, 6.45) is 11.4. The molecule has 0 N–H and O–H groups in total. The maximum absolute atomic E-state index is 10.1. The van der Waals surface area contributed by atoms with Crippen LogP contribution in [0.15, 0.2) is 146 Å². The molecular formula is C61H56N4. The van der Waals surface area contributed by atoms with Gasteiger partial charge in [-0.25, -0.2) is 4.85 Å². The van der Waals surface area contributed by atoms with E-state index in [0.717, 1.165) is 44.1 Å². The summed E-state index contributed by atoms with van der Waals surface area (Å²) in [7, 11) is 0. The highest BCUT2D eigenvalue weighted by Gasteiger charge is 2.57. The topological polar surface area (TPSA) is 34.6 Å². The van der Waals surface area contributed by atoms with Crippen molar-refractivity contribution in [2.24, 2.45) is 10.8 Å². The minimum Gasteiger partial charge on any atom is -0.335 e. The lowest BCUT2D eigenvalue weighted by Gasteiger charge is -2.60. The van der Waals surface area contributed by atoms with Gasteiger partial charge in [0.25, 0.3) is 0 Å². The highest BCUT2D eigenvalue weighted by Crippen LogP contribution is 2.65. The zero-order chi connectivity index (χ0) is 44.3. The Labute approximate surface area is 385 Å². The van der Waals surface area contributed by atoms with Crippen LogP contribution in [-0.2, 0) is 18.3 Å². The number of nitriles is 1. The van der Waals surface area contributed by atoms with Gasteiger partial charge in [0.1, 0.15) is 0 Å². The van der Waals surface area contributed by atoms with Gasteiger partial charge in [0.05, 0.1) is 23.6 Å². The molecule has 320 valence electrons. The summed E-state index contributed by atoms with van der Waals surface area (Å²) >= 11 is 0. The third-order valence-electron chi connectivity index (χ3n) is 17.9. The third kappa shape index (κ3) is 5.35. The standard InChI is InChI=1S/C61H56N4/c1-57-30-14-16-32-59(57,3)64(53-28-24-41(40-62)34-42(53)38-57)47-26-27-50-51(36-47)61(44-18-8-6-9-19-44,45-20-10-7-11-21-45)52-37-55(48-22-12-13-23-49(48)56(50)52)65-54-29-25-46(63-5)35-43(54)39-58(2)31-15-17-33-60(58,65)4/h6-13,18-29,34-37H,14-17,30-33,38-39H2,1-4H3. The lowest BCUT2D eigenvalue weighted by Crippen LogP contribution is -2.60. The molecule has 4 atom stereocenters. The molecule has 0 aromatic heterocycles. The van der Waals surface area contributed by atoms with Crippen LogP contribution in [0.2, 0.25) is 0 Å². The minimum atomic E-state index is -0.647. The number of nitrogens with zero attached hydrogens (tertiary/aromatic N) is 4. The van der Waals surface area contributed by atoms with E-state index in [1.807, 2.05) is 12.1 Å². The summed E-state index contributed by atoms with van der Waals surface area (Å²) in [5, 5.41) is 12.6. The molecule has 5 aliphatic rings. The molecular weight excluding hydrogens is 789 g/mol. The Kier molecular flexibility index (Phi) is 8.72. The molecule has 0 saturated heterocycles. The first-order chi connectivity index (χ1) is 31.6. The van der Waals surface area contributed by atoms with Crippen molar-refractivity contribution in [2.45, 2.75) is 108 Å². The Hall–Kier alpha value is -6.62. The second-order valence-electron chi connectivity index (χ2n) is 21.1. The fraction of sp³-hybridized carbons (Fsp3) is 0.311. The van der Waals surface area contributed by atoms with Gasteiger partial charge in [-0.15, -0.1) is 0 Å². The second kappa shape index (κ2) is 14.2. The van der Waals surface area contributed by atoms with Gasteiger partial charge in [-0.05, 0) is 156 Å². The molecule has 12 rings (SSSR count). The van der Waals surface area contributed by atoms with E-state index in [1.54, 1.807) is 0 Å². The van der Waals surface area contributed by atoms with Crippen molar-refractivity contribution in [2.75, 3.05) is 9.80 Å². The molecule has 4 heteroatoms. The average Bonchev–Trinajstić information content (AvgIpc) is 3.63. The van der Waals surface area contributed by atoms with E-state index >= 15 is 0 Å². The fourth-order valence-corrected chi connectivity index (χ4v) is 14.3. The molecule has 2 aliphatic heterocycles. The predicted octanol–water partition coefficient (Wildman–Crippen LogP) is 15.7. The number of hydrogen-bond acceptors (Lipinski definition) is 3. The highest BCUT2D eigenvalue weighted by atomic mass is 15.2. The maximum atomic E-state index is 10.1. The largest absolute Gasteiger partial charge is 0.335 e. The minimum absolute atomic E-state index is 0.0231. The molecule has 0 amide bonds. The monoisotopic (exact) mass is 844 g/mol. The summed E-state index contributed by atoms with van der Waals surface area (Å²) in [4.78, 5) is 9.39. The van der Waals surface area contributed by atoms with E-state index in [9.17, 15) is 5.26 Å². The van der Waals surface area contributed by atoms with E-state index < -0.39 is 5.41 Å². The van der Waals surface area contributed by atoms with Gasteiger partial charge in [0.2, 0.25) is 0 Å². The Morgan fingerprint density at radius 3 is 1.75 bits per heavy atom. The van der Waals surface area contributed by atoms with Gasteiger partial charge in [0, 0.05) is 39.2 Å². The zero-order valence-corrected chi connectivity index (χ0v) is 38.2. The van der Waals surface area contributed by atoms with Crippen LogP contribution in [0.25, 0.3) is 26.7 Å². The fourth-order valence-electron chi connectivity index (χ4n) is 14.3. The summed E-state index contributed by atoms with van der Waals surface area (Å²) < 4.78 is 0. The van der Waals surface area contributed by atoms with Crippen LogP contribution in [0.3, 0.4) is 0 Å². The van der Waals surface area contributed by atoms with E-state index in [-0.39, 0.29) is 21.9 Å². The van der Waals surface area contributed by atoms with E-state index in [4.69, 9.17) is 6.57 Å². The number of hydrogen-bond donors (Lipinski definition) is 0. The third-order valence-corrected chi connectivity index (χ3v) is 17.9. The van der Waals surface area contributed by atoms with Crippen LogP contribution in [0, 0.1) is 28.7 Å². The van der Waals surface area contributed by atoms with Crippen LogP contribution in [0.4, 0.5) is 28.4 Å². The predicted molar refractivity (Wildman–Crippen MR) is 267 cm³/mol. The van der Waals surface area contributed by atoms with Gasteiger partial charge in [-0.3, -0.25) is 0 Å². The Bertz CT molecular complexity index is 3130. The van der Waals surface area contributed by atoms with Gasteiger partial charge < -0.3 is 9.80 Å². The van der Waals surface area contributed by atoms with Crippen LogP contribution in [0.5, 0.6) is 0 Å². The van der Waals surface area contributed by atoms with Crippen molar-refractivity contribution in [1.82, 2.24) is 0 Å².